The van der Waals surface area contributed by atoms with Crippen molar-refractivity contribution < 1.29 is 9.90 Å². The Morgan fingerprint density at radius 2 is 2.00 bits per heavy atom. The lowest BCUT2D eigenvalue weighted by Crippen LogP contribution is -2.41. The van der Waals surface area contributed by atoms with Crippen LogP contribution in [0.3, 0.4) is 0 Å². The number of carbonyl (C=O) groups excluding carboxylic acids is 1. The fourth-order valence-electron chi connectivity index (χ4n) is 2.16. The highest BCUT2D eigenvalue weighted by atomic mass is 16.3. The molecule has 0 aromatic heterocycles. The van der Waals surface area contributed by atoms with Crippen molar-refractivity contribution in [3.8, 4) is 0 Å². The normalized spacial score (nSPS) is 17.4. The van der Waals surface area contributed by atoms with Crippen molar-refractivity contribution >= 4 is 5.91 Å². The lowest BCUT2D eigenvalue weighted by Gasteiger charge is -2.24. The second-order valence-corrected chi connectivity index (χ2v) is 5.78. The summed E-state index contributed by atoms with van der Waals surface area (Å²) in [5, 5.41) is 15.1. The van der Waals surface area contributed by atoms with Crippen molar-refractivity contribution in [1.29, 1.82) is 0 Å². The molecule has 1 rings (SSSR count). The minimum absolute atomic E-state index is 0.0300. The van der Waals surface area contributed by atoms with E-state index in [9.17, 15) is 4.79 Å². The van der Waals surface area contributed by atoms with E-state index < -0.39 is 0 Å². The molecular weight excluding hydrogens is 216 g/mol. The third-order valence-electron chi connectivity index (χ3n) is 3.46. The van der Waals surface area contributed by atoms with E-state index in [0.717, 1.165) is 0 Å². The predicted octanol–water partition coefficient (Wildman–Crippen LogP) is 1.04. The first-order valence-electron chi connectivity index (χ1n) is 6.64. The monoisotopic (exact) mass is 242 g/mol. The van der Waals surface area contributed by atoms with Gasteiger partial charge in [0.15, 0.2) is 0 Å². The number of rotatable bonds is 7. The van der Waals surface area contributed by atoms with Crippen molar-refractivity contribution in [3.63, 3.8) is 0 Å². The van der Waals surface area contributed by atoms with Crippen LogP contribution in [0.4, 0.5) is 0 Å². The molecule has 17 heavy (non-hydrogen) atoms. The van der Waals surface area contributed by atoms with Gasteiger partial charge in [0.05, 0.1) is 6.54 Å². The molecule has 0 unspecified atom stereocenters. The molecule has 1 aliphatic carbocycles. The van der Waals surface area contributed by atoms with Crippen molar-refractivity contribution in [2.45, 2.75) is 52.0 Å². The first-order valence-corrected chi connectivity index (χ1v) is 6.64. The average molecular weight is 242 g/mol. The smallest absolute Gasteiger partial charge is 0.233 e. The number of hydrogen-bond donors (Lipinski definition) is 3. The summed E-state index contributed by atoms with van der Waals surface area (Å²) in [5.41, 5.74) is -0.0300. The van der Waals surface area contributed by atoms with E-state index in [1.807, 2.05) is 13.8 Å². The molecule has 0 radical (unpaired) electrons. The fourth-order valence-corrected chi connectivity index (χ4v) is 2.16. The summed E-state index contributed by atoms with van der Waals surface area (Å²) in [6.45, 7) is 5.31. The van der Waals surface area contributed by atoms with Crippen LogP contribution < -0.4 is 10.6 Å². The van der Waals surface area contributed by atoms with Crippen LogP contribution in [0.2, 0.25) is 0 Å². The van der Waals surface area contributed by atoms with E-state index in [-0.39, 0.29) is 17.9 Å². The molecule has 1 amide bonds. The Balaban J connectivity index is 2.11. The zero-order valence-electron chi connectivity index (χ0n) is 11.1. The lowest BCUT2D eigenvalue weighted by molar-refractivity contribution is -0.120. The molecule has 100 valence electrons. The van der Waals surface area contributed by atoms with Crippen molar-refractivity contribution in [3.05, 3.63) is 0 Å². The highest BCUT2D eigenvalue weighted by molar-refractivity contribution is 5.78. The molecule has 0 bridgehead atoms. The Morgan fingerprint density at radius 1 is 1.35 bits per heavy atom. The Labute approximate surface area is 104 Å². The number of hydrogen-bond acceptors (Lipinski definition) is 3. The number of aliphatic hydroxyl groups excluding tert-OH is 1. The van der Waals surface area contributed by atoms with Crippen LogP contribution in [0.5, 0.6) is 0 Å². The minimum Gasteiger partial charge on any atom is -0.396 e. The number of nitrogens with one attached hydrogen (secondary N) is 2. The van der Waals surface area contributed by atoms with Crippen LogP contribution in [0.1, 0.15) is 46.0 Å². The maximum absolute atomic E-state index is 11.6. The Morgan fingerprint density at radius 3 is 2.59 bits per heavy atom. The van der Waals surface area contributed by atoms with Crippen molar-refractivity contribution in [1.82, 2.24) is 10.6 Å². The summed E-state index contributed by atoms with van der Waals surface area (Å²) in [7, 11) is 0. The van der Waals surface area contributed by atoms with Crippen LogP contribution in [-0.4, -0.2) is 36.8 Å². The van der Waals surface area contributed by atoms with Gasteiger partial charge < -0.3 is 15.7 Å². The van der Waals surface area contributed by atoms with Crippen molar-refractivity contribution in [2.75, 3.05) is 19.7 Å². The Bertz CT molecular complexity index is 236. The minimum atomic E-state index is -0.0300. The molecule has 1 saturated carbocycles. The molecular formula is C13H26N2O2. The molecule has 4 nitrogen and oxygen atoms in total. The van der Waals surface area contributed by atoms with Gasteiger partial charge in [-0.25, -0.2) is 0 Å². The van der Waals surface area contributed by atoms with E-state index >= 15 is 0 Å². The molecule has 1 aliphatic rings. The molecule has 0 saturated heterocycles. The molecule has 0 aromatic rings. The third-order valence-corrected chi connectivity index (χ3v) is 3.46. The second-order valence-electron chi connectivity index (χ2n) is 5.78. The number of aliphatic hydroxyl groups is 1. The summed E-state index contributed by atoms with van der Waals surface area (Å²) in [6, 6.07) is 0.534. The molecule has 3 N–H and O–H groups in total. The quantitative estimate of drug-likeness (QED) is 0.625. The van der Waals surface area contributed by atoms with E-state index in [4.69, 9.17) is 5.11 Å². The van der Waals surface area contributed by atoms with E-state index in [1.165, 1.54) is 25.7 Å². The van der Waals surface area contributed by atoms with Crippen LogP contribution in [-0.2, 0) is 4.79 Å². The SMILES string of the molecule is CC(C)(CCO)CNC(=O)CNC1CCCC1. The van der Waals surface area contributed by atoms with E-state index in [0.29, 0.717) is 25.6 Å². The summed E-state index contributed by atoms with van der Waals surface area (Å²) < 4.78 is 0. The maximum Gasteiger partial charge on any atom is 0.233 e. The highest BCUT2D eigenvalue weighted by Gasteiger charge is 2.19. The molecule has 1 fully saturated rings. The predicted molar refractivity (Wildman–Crippen MR) is 68.8 cm³/mol. The van der Waals surface area contributed by atoms with Gasteiger partial charge in [-0.05, 0) is 24.7 Å². The van der Waals surface area contributed by atoms with Crippen LogP contribution >= 0.6 is 0 Å². The van der Waals surface area contributed by atoms with E-state index in [2.05, 4.69) is 10.6 Å². The van der Waals surface area contributed by atoms with Gasteiger partial charge in [0.2, 0.25) is 5.91 Å². The third kappa shape index (κ3) is 6.03. The topological polar surface area (TPSA) is 61.4 Å². The summed E-state index contributed by atoms with van der Waals surface area (Å²) in [6.07, 6.45) is 5.67. The number of amides is 1. The fraction of sp³-hybridized carbons (Fsp3) is 0.923. The van der Waals surface area contributed by atoms with Gasteiger partial charge in [-0.2, -0.15) is 0 Å². The van der Waals surface area contributed by atoms with Gasteiger partial charge in [-0.1, -0.05) is 26.7 Å². The Kier molecular flexibility index (Phi) is 5.92. The summed E-state index contributed by atoms with van der Waals surface area (Å²) in [5.74, 6) is 0.0583. The largest absolute Gasteiger partial charge is 0.396 e. The second kappa shape index (κ2) is 6.97. The molecule has 4 heteroatoms. The first kappa shape index (κ1) is 14.5. The highest BCUT2D eigenvalue weighted by Crippen LogP contribution is 2.18. The van der Waals surface area contributed by atoms with Crippen molar-refractivity contribution in [2.24, 2.45) is 5.41 Å². The van der Waals surface area contributed by atoms with Crippen LogP contribution in [0.15, 0.2) is 0 Å². The van der Waals surface area contributed by atoms with Gasteiger partial charge in [-0.3, -0.25) is 4.79 Å². The average Bonchev–Trinajstić information content (AvgIpc) is 2.76. The molecule has 0 aliphatic heterocycles. The summed E-state index contributed by atoms with van der Waals surface area (Å²) in [4.78, 5) is 11.6. The van der Waals surface area contributed by atoms with Gasteiger partial charge in [0.1, 0.15) is 0 Å². The van der Waals surface area contributed by atoms with Gasteiger partial charge in [0.25, 0.3) is 0 Å². The zero-order valence-corrected chi connectivity index (χ0v) is 11.1. The summed E-state index contributed by atoms with van der Waals surface area (Å²) >= 11 is 0. The van der Waals surface area contributed by atoms with Crippen LogP contribution in [0, 0.1) is 5.41 Å². The molecule has 0 heterocycles. The van der Waals surface area contributed by atoms with Crippen LogP contribution in [0.25, 0.3) is 0 Å². The number of carbonyl (C=O) groups is 1. The van der Waals surface area contributed by atoms with E-state index in [1.54, 1.807) is 0 Å². The van der Waals surface area contributed by atoms with Gasteiger partial charge >= 0.3 is 0 Å². The maximum atomic E-state index is 11.6. The standard InChI is InChI=1S/C13H26N2O2/c1-13(2,7-8-16)10-15-12(17)9-14-11-5-3-4-6-11/h11,14,16H,3-10H2,1-2H3,(H,15,17). The molecule has 0 spiro atoms. The first-order chi connectivity index (χ1) is 8.03. The molecule has 0 atom stereocenters. The van der Waals surface area contributed by atoms with Gasteiger partial charge in [0, 0.05) is 19.2 Å². The Hall–Kier alpha value is -0.610. The van der Waals surface area contributed by atoms with Gasteiger partial charge in [-0.15, -0.1) is 0 Å². The molecule has 0 aromatic carbocycles. The zero-order chi connectivity index (χ0) is 12.7. The lowest BCUT2D eigenvalue weighted by atomic mass is 9.90.